The number of Topliss-reactive ketones (excluding diaryl/α,β-unsaturated/α-hetero) is 1. The van der Waals surface area contributed by atoms with E-state index in [1.165, 1.54) is 30.3 Å². The Morgan fingerprint density at radius 3 is 2.44 bits per heavy atom. The lowest BCUT2D eigenvalue weighted by molar-refractivity contribution is -0.139. The monoisotopic (exact) mass is 490 g/mol. The minimum absolute atomic E-state index is 0.0516. The van der Waals surface area contributed by atoms with Gasteiger partial charge in [-0.25, -0.2) is 9.18 Å². The van der Waals surface area contributed by atoms with Gasteiger partial charge in [-0.15, -0.1) is 0 Å². The Hall–Kier alpha value is -2.97. The van der Waals surface area contributed by atoms with E-state index in [0.717, 1.165) is 5.56 Å². The predicted molar refractivity (Wildman–Crippen MR) is 125 cm³/mol. The molecule has 1 amide bonds. The van der Waals surface area contributed by atoms with Gasteiger partial charge < -0.3 is 14.4 Å². The first-order valence-corrected chi connectivity index (χ1v) is 11.5. The van der Waals surface area contributed by atoms with E-state index in [0.29, 0.717) is 19.6 Å². The summed E-state index contributed by atoms with van der Waals surface area (Å²) in [4.78, 5) is 41.2. The van der Waals surface area contributed by atoms with Crippen LogP contribution in [0, 0.1) is 5.82 Å². The van der Waals surface area contributed by atoms with Crippen LogP contribution in [0.3, 0.4) is 0 Å². The molecule has 2 atom stereocenters. The van der Waals surface area contributed by atoms with Crippen LogP contribution in [0.4, 0.5) is 4.39 Å². The van der Waals surface area contributed by atoms with Crippen molar-refractivity contribution in [1.29, 1.82) is 0 Å². The van der Waals surface area contributed by atoms with Gasteiger partial charge in [0.1, 0.15) is 11.6 Å². The fraction of sp³-hybridized carbons (Fsp3) is 0.400. The molecule has 3 rings (SSSR count). The molecule has 2 aromatic rings. The third kappa shape index (κ3) is 6.33. The van der Waals surface area contributed by atoms with Gasteiger partial charge in [-0.2, -0.15) is 0 Å². The summed E-state index contributed by atoms with van der Waals surface area (Å²) in [5.74, 6) is -2.31. The second-order valence-electron chi connectivity index (χ2n) is 8.28. The number of amides is 1. The number of carbonyl (C=O) groups is 3. The van der Waals surface area contributed by atoms with Crippen LogP contribution in [-0.4, -0.2) is 65.8 Å². The molecule has 1 fully saturated rings. The average molecular weight is 491 g/mol. The standard InChI is InChI=1S/C25H28ClFN2O5/c1-4-33-25(32)24(31)21-11-19(26)7-10-22(21)34-15-23(30)29-13-16(2)28(12-17(29)3)14-18-5-8-20(27)9-6-18/h5-11,16-17H,4,12-15H2,1-3H3/t16-,17+/m0/s1. The zero-order valence-electron chi connectivity index (χ0n) is 19.4. The molecule has 1 saturated heterocycles. The highest BCUT2D eigenvalue weighted by atomic mass is 35.5. The minimum atomic E-state index is -1.01. The van der Waals surface area contributed by atoms with E-state index in [1.54, 1.807) is 24.0 Å². The quantitative estimate of drug-likeness (QED) is 0.319. The Bertz CT molecular complexity index is 1050. The van der Waals surface area contributed by atoms with E-state index >= 15 is 0 Å². The molecule has 1 aliphatic rings. The van der Waals surface area contributed by atoms with Gasteiger partial charge in [-0.05, 0) is 56.7 Å². The van der Waals surface area contributed by atoms with E-state index in [-0.39, 0.29) is 53.4 Å². The van der Waals surface area contributed by atoms with Crippen LogP contribution in [0.2, 0.25) is 5.02 Å². The van der Waals surface area contributed by atoms with Crippen molar-refractivity contribution in [2.45, 2.75) is 39.4 Å². The second kappa shape index (κ2) is 11.4. The molecule has 1 heterocycles. The number of hydrogen-bond donors (Lipinski definition) is 0. The Morgan fingerprint density at radius 2 is 1.76 bits per heavy atom. The molecule has 9 heteroatoms. The van der Waals surface area contributed by atoms with Crippen LogP contribution in [-0.2, 0) is 20.9 Å². The molecule has 0 aromatic heterocycles. The van der Waals surface area contributed by atoms with Gasteiger partial charge >= 0.3 is 5.97 Å². The van der Waals surface area contributed by atoms with Gasteiger partial charge in [0, 0.05) is 36.7 Å². The zero-order chi connectivity index (χ0) is 24.8. The fourth-order valence-electron chi connectivity index (χ4n) is 3.92. The first kappa shape index (κ1) is 25.6. The Balaban J connectivity index is 1.63. The number of benzene rings is 2. The number of carbonyl (C=O) groups excluding carboxylic acids is 3. The normalized spacial score (nSPS) is 18.4. The van der Waals surface area contributed by atoms with Crippen molar-refractivity contribution in [3.8, 4) is 5.75 Å². The van der Waals surface area contributed by atoms with Gasteiger partial charge in [-0.1, -0.05) is 23.7 Å². The summed E-state index contributed by atoms with van der Waals surface area (Å²) in [6.07, 6.45) is 0. The lowest BCUT2D eigenvalue weighted by Crippen LogP contribution is -2.58. The minimum Gasteiger partial charge on any atom is -0.483 e. The fourth-order valence-corrected chi connectivity index (χ4v) is 4.10. The van der Waals surface area contributed by atoms with Crippen molar-refractivity contribution >= 4 is 29.3 Å². The van der Waals surface area contributed by atoms with Crippen molar-refractivity contribution in [3.05, 3.63) is 64.4 Å². The summed E-state index contributed by atoms with van der Waals surface area (Å²) in [5, 5.41) is 0.256. The average Bonchev–Trinajstić information content (AvgIpc) is 2.81. The maximum Gasteiger partial charge on any atom is 0.379 e. The van der Waals surface area contributed by atoms with E-state index in [1.807, 2.05) is 13.8 Å². The number of ketones is 1. The van der Waals surface area contributed by atoms with Crippen LogP contribution < -0.4 is 4.74 Å². The molecule has 0 aliphatic carbocycles. The van der Waals surface area contributed by atoms with Crippen LogP contribution in [0.1, 0.15) is 36.7 Å². The largest absolute Gasteiger partial charge is 0.483 e. The molecule has 0 saturated carbocycles. The first-order chi connectivity index (χ1) is 16.2. The summed E-state index contributed by atoms with van der Waals surface area (Å²) in [7, 11) is 0. The molecule has 7 nitrogen and oxygen atoms in total. The van der Waals surface area contributed by atoms with Crippen molar-refractivity contribution < 1.29 is 28.2 Å². The highest BCUT2D eigenvalue weighted by molar-refractivity contribution is 6.42. The molecule has 0 spiro atoms. The van der Waals surface area contributed by atoms with Gasteiger partial charge in [0.05, 0.1) is 12.2 Å². The van der Waals surface area contributed by atoms with Gasteiger partial charge in [-0.3, -0.25) is 14.5 Å². The highest BCUT2D eigenvalue weighted by Gasteiger charge is 2.32. The van der Waals surface area contributed by atoms with Crippen LogP contribution >= 0.6 is 11.6 Å². The van der Waals surface area contributed by atoms with E-state index in [4.69, 9.17) is 21.1 Å². The Kier molecular flexibility index (Phi) is 8.63. The molecule has 182 valence electrons. The lowest BCUT2D eigenvalue weighted by Gasteiger charge is -2.44. The number of halogens is 2. The summed E-state index contributed by atoms with van der Waals surface area (Å²) >= 11 is 5.98. The highest BCUT2D eigenvalue weighted by Crippen LogP contribution is 2.25. The maximum absolute atomic E-state index is 13.2. The molecular formula is C25H28ClFN2O5. The smallest absolute Gasteiger partial charge is 0.379 e. The predicted octanol–water partition coefficient (Wildman–Crippen LogP) is 3.73. The summed E-state index contributed by atoms with van der Waals surface area (Å²) in [6.45, 7) is 7.17. The Morgan fingerprint density at radius 1 is 1.06 bits per heavy atom. The molecule has 2 aromatic carbocycles. The zero-order valence-corrected chi connectivity index (χ0v) is 20.2. The van der Waals surface area contributed by atoms with E-state index in [9.17, 15) is 18.8 Å². The molecule has 0 radical (unpaired) electrons. The van der Waals surface area contributed by atoms with Crippen LogP contribution in [0.15, 0.2) is 42.5 Å². The van der Waals surface area contributed by atoms with Crippen LogP contribution in [0.25, 0.3) is 0 Å². The van der Waals surface area contributed by atoms with Crippen molar-refractivity contribution in [3.63, 3.8) is 0 Å². The van der Waals surface area contributed by atoms with E-state index < -0.39 is 11.8 Å². The lowest BCUT2D eigenvalue weighted by atomic mass is 10.1. The summed E-state index contributed by atoms with van der Waals surface area (Å²) < 4.78 is 23.6. The number of ether oxygens (including phenoxy) is 2. The van der Waals surface area contributed by atoms with Crippen LogP contribution in [0.5, 0.6) is 5.75 Å². The second-order valence-corrected chi connectivity index (χ2v) is 8.72. The molecule has 0 N–H and O–H groups in total. The Labute approximate surface area is 203 Å². The van der Waals surface area contributed by atoms with Gasteiger partial charge in [0.15, 0.2) is 6.61 Å². The maximum atomic E-state index is 13.2. The molecule has 0 unspecified atom stereocenters. The molecular weight excluding hydrogens is 463 g/mol. The molecule has 34 heavy (non-hydrogen) atoms. The SMILES string of the molecule is CCOC(=O)C(=O)c1cc(Cl)ccc1OCC(=O)N1C[C@H](C)N(Cc2ccc(F)cc2)C[C@H]1C. The third-order valence-electron chi connectivity index (χ3n) is 5.73. The topological polar surface area (TPSA) is 76.2 Å². The number of hydrogen-bond acceptors (Lipinski definition) is 6. The van der Waals surface area contributed by atoms with E-state index in [2.05, 4.69) is 4.90 Å². The van der Waals surface area contributed by atoms with Crippen molar-refractivity contribution in [2.24, 2.45) is 0 Å². The summed E-state index contributed by atoms with van der Waals surface area (Å²) in [5.41, 5.74) is 0.953. The number of nitrogens with zero attached hydrogens (tertiary/aromatic N) is 2. The summed E-state index contributed by atoms with van der Waals surface area (Å²) in [6, 6.07) is 10.7. The first-order valence-electron chi connectivity index (χ1n) is 11.1. The molecule has 1 aliphatic heterocycles. The number of rotatable bonds is 8. The van der Waals surface area contributed by atoms with Crippen molar-refractivity contribution in [2.75, 3.05) is 26.3 Å². The van der Waals surface area contributed by atoms with Gasteiger partial charge in [0.2, 0.25) is 0 Å². The molecule has 0 bridgehead atoms. The van der Waals surface area contributed by atoms with Gasteiger partial charge in [0.25, 0.3) is 11.7 Å². The van der Waals surface area contributed by atoms with Crippen molar-refractivity contribution in [1.82, 2.24) is 9.80 Å². The number of piperazine rings is 1. The third-order valence-corrected chi connectivity index (χ3v) is 5.97. The number of esters is 1.